The van der Waals surface area contributed by atoms with E-state index in [1.807, 2.05) is 18.2 Å². The Bertz CT molecular complexity index is 821. The first kappa shape index (κ1) is 20.6. The lowest BCUT2D eigenvalue weighted by Gasteiger charge is -2.36. The van der Waals surface area contributed by atoms with E-state index in [0.29, 0.717) is 23.1 Å². The molecule has 1 fully saturated rings. The lowest BCUT2D eigenvalue weighted by atomic mass is 10.1. The van der Waals surface area contributed by atoms with Crippen molar-refractivity contribution in [2.24, 2.45) is 0 Å². The van der Waals surface area contributed by atoms with Gasteiger partial charge in [-0.15, -0.1) is 0 Å². The van der Waals surface area contributed by atoms with E-state index >= 15 is 0 Å². The summed E-state index contributed by atoms with van der Waals surface area (Å²) >= 11 is 12.2. The third-order valence-electron chi connectivity index (χ3n) is 4.73. The van der Waals surface area contributed by atoms with Crippen molar-refractivity contribution in [3.8, 4) is 11.5 Å². The van der Waals surface area contributed by atoms with Crippen molar-refractivity contribution >= 4 is 28.8 Å². The van der Waals surface area contributed by atoms with Gasteiger partial charge in [0, 0.05) is 38.3 Å². The molecule has 1 aliphatic rings. The second-order valence-electron chi connectivity index (χ2n) is 6.64. The summed E-state index contributed by atoms with van der Waals surface area (Å²) in [7, 11) is 1.60. The minimum atomic E-state index is 0.364. The molecular formula is C22H25ClN2O2S. The number of ether oxygens (including phenoxy) is 2. The van der Waals surface area contributed by atoms with E-state index in [9.17, 15) is 0 Å². The molecule has 0 N–H and O–H groups in total. The Morgan fingerprint density at radius 1 is 1.18 bits per heavy atom. The SMILES string of the molecule is C=CCOc1c(Cl)cc(C(=S)N2CCN(Cc3ccccc3)CC2)cc1OC. The Kier molecular flexibility index (Phi) is 7.31. The summed E-state index contributed by atoms with van der Waals surface area (Å²) in [5.74, 6) is 1.10. The third-order valence-corrected chi connectivity index (χ3v) is 5.51. The van der Waals surface area contributed by atoms with Crippen LogP contribution < -0.4 is 9.47 Å². The highest BCUT2D eigenvalue weighted by molar-refractivity contribution is 7.80. The van der Waals surface area contributed by atoms with Crippen LogP contribution in [0.15, 0.2) is 55.1 Å². The van der Waals surface area contributed by atoms with Gasteiger partial charge in [-0.3, -0.25) is 4.90 Å². The molecule has 1 heterocycles. The topological polar surface area (TPSA) is 24.9 Å². The Labute approximate surface area is 177 Å². The summed E-state index contributed by atoms with van der Waals surface area (Å²) in [5, 5.41) is 0.487. The number of nitrogens with zero attached hydrogens (tertiary/aromatic N) is 2. The lowest BCUT2D eigenvalue weighted by Crippen LogP contribution is -2.48. The largest absolute Gasteiger partial charge is 0.493 e. The molecule has 6 heteroatoms. The molecule has 0 spiro atoms. The van der Waals surface area contributed by atoms with Gasteiger partial charge in [-0.25, -0.2) is 0 Å². The van der Waals surface area contributed by atoms with Gasteiger partial charge in [0.05, 0.1) is 12.1 Å². The molecule has 0 aliphatic carbocycles. The Morgan fingerprint density at radius 3 is 2.54 bits per heavy atom. The van der Waals surface area contributed by atoms with Crippen LogP contribution in [-0.4, -0.2) is 54.7 Å². The third kappa shape index (κ3) is 5.04. The Hall–Kier alpha value is -2.08. The van der Waals surface area contributed by atoms with Gasteiger partial charge in [-0.1, -0.05) is 66.8 Å². The number of halogens is 1. The summed E-state index contributed by atoms with van der Waals surface area (Å²) in [4.78, 5) is 5.47. The second kappa shape index (κ2) is 9.92. The fourth-order valence-corrected chi connectivity index (χ4v) is 3.82. The quantitative estimate of drug-likeness (QED) is 0.492. The maximum absolute atomic E-state index is 6.42. The summed E-state index contributed by atoms with van der Waals surface area (Å²) in [6, 6.07) is 14.3. The number of methoxy groups -OCH3 is 1. The van der Waals surface area contributed by atoms with Crippen molar-refractivity contribution < 1.29 is 9.47 Å². The number of hydrogen-bond acceptors (Lipinski definition) is 4. The Balaban J connectivity index is 1.64. The van der Waals surface area contributed by atoms with Crippen LogP contribution in [0.5, 0.6) is 11.5 Å². The molecule has 1 aliphatic heterocycles. The van der Waals surface area contributed by atoms with Gasteiger partial charge in [0.25, 0.3) is 0 Å². The molecule has 0 bridgehead atoms. The van der Waals surface area contributed by atoms with Gasteiger partial charge in [0.15, 0.2) is 11.5 Å². The summed E-state index contributed by atoms with van der Waals surface area (Å²) < 4.78 is 11.1. The molecular weight excluding hydrogens is 392 g/mol. The van der Waals surface area contributed by atoms with E-state index < -0.39 is 0 Å². The maximum atomic E-state index is 6.42. The van der Waals surface area contributed by atoms with Crippen molar-refractivity contribution in [1.82, 2.24) is 9.80 Å². The van der Waals surface area contributed by atoms with Crippen LogP contribution in [0.1, 0.15) is 11.1 Å². The van der Waals surface area contributed by atoms with Crippen LogP contribution in [-0.2, 0) is 6.54 Å². The molecule has 148 valence electrons. The van der Waals surface area contributed by atoms with E-state index in [-0.39, 0.29) is 0 Å². The number of benzene rings is 2. The normalized spacial score (nSPS) is 14.6. The first-order valence-electron chi connectivity index (χ1n) is 9.29. The molecule has 2 aromatic carbocycles. The molecule has 0 unspecified atom stereocenters. The molecule has 1 saturated heterocycles. The van der Waals surface area contributed by atoms with Crippen LogP contribution in [0, 0.1) is 0 Å². The highest BCUT2D eigenvalue weighted by atomic mass is 35.5. The van der Waals surface area contributed by atoms with Crippen molar-refractivity contribution in [2.45, 2.75) is 6.54 Å². The van der Waals surface area contributed by atoms with Crippen LogP contribution in [0.25, 0.3) is 0 Å². The summed E-state index contributed by atoms with van der Waals surface area (Å²) in [5.41, 5.74) is 2.21. The average Bonchev–Trinajstić information content (AvgIpc) is 2.73. The van der Waals surface area contributed by atoms with Gasteiger partial charge in [0.1, 0.15) is 11.6 Å². The van der Waals surface area contributed by atoms with Crippen LogP contribution in [0.2, 0.25) is 5.02 Å². The molecule has 0 amide bonds. The predicted octanol–water partition coefficient (Wildman–Crippen LogP) is 4.41. The van der Waals surface area contributed by atoms with E-state index in [0.717, 1.165) is 43.3 Å². The van der Waals surface area contributed by atoms with Crippen LogP contribution >= 0.6 is 23.8 Å². The van der Waals surface area contributed by atoms with Crippen molar-refractivity contribution in [1.29, 1.82) is 0 Å². The minimum Gasteiger partial charge on any atom is -0.493 e. The van der Waals surface area contributed by atoms with Crippen molar-refractivity contribution in [2.75, 3.05) is 39.9 Å². The average molecular weight is 417 g/mol. The minimum absolute atomic E-state index is 0.364. The highest BCUT2D eigenvalue weighted by Gasteiger charge is 2.22. The van der Waals surface area contributed by atoms with E-state index in [1.165, 1.54) is 5.56 Å². The zero-order valence-corrected chi connectivity index (χ0v) is 17.6. The van der Waals surface area contributed by atoms with Gasteiger partial charge in [0.2, 0.25) is 0 Å². The van der Waals surface area contributed by atoms with Gasteiger partial charge >= 0.3 is 0 Å². The zero-order chi connectivity index (χ0) is 19.9. The molecule has 4 nitrogen and oxygen atoms in total. The summed E-state index contributed by atoms with van der Waals surface area (Å²) in [6.45, 7) is 8.72. The fraction of sp³-hybridized carbons (Fsp3) is 0.318. The molecule has 2 aromatic rings. The number of rotatable bonds is 7. The molecule has 28 heavy (non-hydrogen) atoms. The van der Waals surface area contributed by atoms with Crippen LogP contribution in [0.3, 0.4) is 0 Å². The lowest BCUT2D eigenvalue weighted by molar-refractivity contribution is 0.177. The second-order valence-corrected chi connectivity index (χ2v) is 7.44. The van der Waals surface area contributed by atoms with E-state index in [4.69, 9.17) is 33.3 Å². The summed E-state index contributed by atoms with van der Waals surface area (Å²) in [6.07, 6.45) is 1.67. The number of hydrogen-bond donors (Lipinski definition) is 0. The van der Waals surface area contributed by atoms with E-state index in [1.54, 1.807) is 13.2 Å². The highest BCUT2D eigenvalue weighted by Crippen LogP contribution is 2.37. The first-order valence-corrected chi connectivity index (χ1v) is 10.1. The molecule has 3 rings (SSSR count). The van der Waals surface area contributed by atoms with Crippen molar-refractivity contribution in [3.05, 3.63) is 71.3 Å². The van der Waals surface area contributed by atoms with Crippen molar-refractivity contribution in [3.63, 3.8) is 0 Å². The van der Waals surface area contributed by atoms with E-state index in [2.05, 4.69) is 40.6 Å². The van der Waals surface area contributed by atoms with Gasteiger partial charge < -0.3 is 14.4 Å². The maximum Gasteiger partial charge on any atom is 0.180 e. The number of piperazine rings is 1. The predicted molar refractivity (Wildman–Crippen MR) is 119 cm³/mol. The number of thiocarbonyl (C=S) groups is 1. The molecule has 0 saturated carbocycles. The first-order chi connectivity index (χ1) is 13.6. The standard InChI is InChI=1S/C22H25ClN2O2S/c1-3-13-27-21-19(23)14-18(15-20(21)26-2)22(28)25-11-9-24(10-12-25)16-17-7-5-4-6-8-17/h3-8,14-15H,1,9-13,16H2,2H3. The molecule has 0 atom stereocenters. The molecule has 0 aromatic heterocycles. The fourth-order valence-electron chi connectivity index (χ4n) is 3.26. The zero-order valence-electron chi connectivity index (χ0n) is 16.1. The smallest absolute Gasteiger partial charge is 0.180 e. The monoisotopic (exact) mass is 416 g/mol. The van der Waals surface area contributed by atoms with Crippen LogP contribution in [0.4, 0.5) is 0 Å². The molecule has 0 radical (unpaired) electrons. The van der Waals surface area contributed by atoms with Gasteiger partial charge in [-0.05, 0) is 17.7 Å². The Morgan fingerprint density at radius 2 is 1.89 bits per heavy atom. The van der Waals surface area contributed by atoms with Gasteiger partial charge in [-0.2, -0.15) is 0 Å².